The average molecular weight is 280 g/mol. The van der Waals surface area contributed by atoms with E-state index >= 15 is 0 Å². The van der Waals surface area contributed by atoms with Crippen molar-refractivity contribution in [1.29, 1.82) is 0 Å². The Morgan fingerprint density at radius 2 is 1.86 bits per heavy atom. The highest BCUT2D eigenvalue weighted by molar-refractivity contribution is 6.07. The summed E-state index contributed by atoms with van der Waals surface area (Å²) in [5.41, 5.74) is 1.38. The minimum atomic E-state index is -0.325. The van der Waals surface area contributed by atoms with Crippen molar-refractivity contribution in [3.8, 4) is 0 Å². The van der Waals surface area contributed by atoms with Crippen LogP contribution in [0.5, 0.6) is 0 Å². The Labute approximate surface area is 121 Å². The van der Waals surface area contributed by atoms with Crippen molar-refractivity contribution in [2.24, 2.45) is 0 Å². The Hall–Kier alpha value is -2.75. The molecule has 2 aromatic carbocycles. The molecule has 1 amide bonds. The molecule has 0 spiro atoms. The maximum absolute atomic E-state index is 13.7. The Morgan fingerprint density at radius 3 is 2.62 bits per heavy atom. The van der Waals surface area contributed by atoms with Gasteiger partial charge in [-0.25, -0.2) is 4.39 Å². The van der Waals surface area contributed by atoms with E-state index in [2.05, 4.69) is 10.3 Å². The predicted octanol–water partition coefficient (Wildman–Crippen LogP) is 3.30. The Balaban J connectivity index is 1.87. The van der Waals surface area contributed by atoms with Gasteiger partial charge in [0.2, 0.25) is 0 Å². The normalized spacial score (nSPS) is 10.5. The van der Waals surface area contributed by atoms with E-state index in [0.29, 0.717) is 22.9 Å². The molecule has 4 heteroatoms. The fraction of sp³-hybridized carbons (Fsp3) is 0.0588. The minimum absolute atomic E-state index is 0.227. The van der Waals surface area contributed by atoms with E-state index in [4.69, 9.17) is 0 Å². The first kappa shape index (κ1) is 13.2. The number of halogens is 1. The van der Waals surface area contributed by atoms with Crippen LogP contribution in [0.2, 0.25) is 0 Å². The number of hydrogen-bond donors (Lipinski definition) is 1. The zero-order valence-electron chi connectivity index (χ0n) is 11.2. The van der Waals surface area contributed by atoms with Crippen molar-refractivity contribution in [3.05, 3.63) is 77.9 Å². The molecule has 0 aliphatic heterocycles. The molecular weight excluding hydrogens is 267 g/mol. The molecule has 1 aromatic heterocycles. The van der Waals surface area contributed by atoms with Crippen LogP contribution >= 0.6 is 0 Å². The second-order valence-electron chi connectivity index (χ2n) is 4.68. The third-order valence-electron chi connectivity index (χ3n) is 3.29. The summed E-state index contributed by atoms with van der Waals surface area (Å²) in [5.74, 6) is -0.551. The first-order valence-electron chi connectivity index (χ1n) is 6.60. The number of rotatable bonds is 3. The van der Waals surface area contributed by atoms with Gasteiger partial charge in [-0.05, 0) is 29.1 Å². The molecule has 0 aliphatic carbocycles. The molecule has 0 unspecified atom stereocenters. The monoisotopic (exact) mass is 280 g/mol. The van der Waals surface area contributed by atoms with Crippen molar-refractivity contribution in [3.63, 3.8) is 0 Å². The van der Waals surface area contributed by atoms with Crippen LogP contribution in [0.1, 0.15) is 15.9 Å². The van der Waals surface area contributed by atoms with Gasteiger partial charge < -0.3 is 5.32 Å². The van der Waals surface area contributed by atoms with Crippen LogP contribution in [-0.4, -0.2) is 10.9 Å². The summed E-state index contributed by atoms with van der Waals surface area (Å²) < 4.78 is 13.7. The molecule has 0 saturated heterocycles. The zero-order chi connectivity index (χ0) is 14.7. The van der Waals surface area contributed by atoms with Crippen LogP contribution in [0.25, 0.3) is 10.8 Å². The summed E-state index contributed by atoms with van der Waals surface area (Å²) >= 11 is 0. The number of benzene rings is 2. The van der Waals surface area contributed by atoms with E-state index in [9.17, 15) is 9.18 Å². The van der Waals surface area contributed by atoms with Crippen LogP contribution < -0.4 is 5.32 Å². The largest absolute Gasteiger partial charge is 0.348 e. The van der Waals surface area contributed by atoms with Crippen LogP contribution in [-0.2, 0) is 6.54 Å². The molecule has 0 radical (unpaired) electrons. The maximum atomic E-state index is 13.7. The van der Waals surface area contributed by atoms with Crippen molar-refractivity contribution in [2.75, 3.05) is 0 Å². The van der Waals surface area contributed by atoms with Gasteiger partial charge in [-0.2, -0.15) is 0 Å². The Kier molecular flexibility index (Phi) is 3.60. The van der Waals surface area contributed by atoms with Gasteiger partial charge >= 0.3 is 0 Å². The average Bonchev–Trinajstić information content (AvgIpc) is 2.54. The van der Waals surface area contributed by atoms with Gasteiger partial charge in [0, 0.05) is 29.9 Å². The number of carbonyl (C=O) groups is 1. The summed E-state index contributed by atoms with van der Waals surface area (Å²) in [7, 11) is 0. The Morgan fingerprint density at radius 1 is 1.05 bits per heavy atom. The molecule has 21 heavy (non-hydrogen) atoms. The quantitative estimate of drug-likeness (QED) is 0.799. The number of hydrogen-bond acceptors (Lipinski definition) is 2. The zero-order valence-corrected chi connectivity index (χ0v) is 11.2. The molecule has 0 atom stereocenters. The lowest BCUT2D eigenvalue weighted by Gasteiger charge is -2.08. The topological polar surface area (TPSA) is 42.0 Å². The van der Waals surface area contributed by atoms with Gasteiger partial charge in [0.15, 0.2) is 0 Å². The maximum Gasteiger partial charge on any atom is 0.252 e. The number of carbonyl (C=O) groups excluding carboxylic acids is 1. The minimum Gasteiger partial charge on any atom is -0.348 e. The number of nitrogens with one attached hydrogen (secondary N) is 1. The third kappa shape index (κ3) is 2.74. The molecule has 3 rings (SSSR count). The van der Waals surface area contributed by atoms with E-state index in [0.717, 1.165) is 5.56 Å². The summed E-state index contributed by atoms with van der Waals surface area (Å²) in [5, 5.41) is 3.89. The summed E-state index contributed by atoms with van der Waals surface area (Å²) in [6, 6.07) is 13.5. The smallest absolute Gasteiger partial charge is 0.252 e. The van der Waals surface area contributed by atoms with Crippen LogP contribution in [0, 0.1) is 5.82 Å². The molecule has 1 N–H and O–H groups in total. The molecular formula is C17H13FN2O. The molecule has 0 saturated carbocycles. The van der Waals surface area contributed by atoms with Crippen molar-refractivity contribution < 1.29 is 9.18 Å². The number of nitrogens with zero attached hydrogens (tertiary/aromatic N) is 1. The first-order chi connectivity index (χ1) is 10.3. The summed E-state index contributed by atoms with van der Waals surface area (Å²) in [6.45, 7) is 0.387. The van der Waals surface area contributed by atoms with Gasteiger partial charge in [0.1, 0.15) is 5.82 Å². The second kappa shape index (κ2) is 5.71. The van der Waals surface area contributed by atoms with Crippen molar-refractivity contribution in [2.45, 2.75) is 6.54 Å². The van der Waals surface area contributed by atoms with Crippen molar-refractivity contribution >= 4 is 16.7 Å². The fourth-order valence-corrected chi connectivity index (χ4v) is 2.24. The highest BCUT2D eigenvalue weighted by Crippen LogP contribution is 2.21. The van der Waals surface area contributed by atoms with Gasteiger partial charge in [0.25, 0.3) is 5.91 Å². The Bertz CT molecular complexity index is 787. The standard InChI is InChI=1S/C17H13FN2O/c18-16-8-7-15(13-5-1-2-6-14(13)16)17(21)20-11-12-4-3-9-19-10-12/h1-10H,11H2,(H,20,21). The fourth-order valence-electron chi connectivity index (χ4n) is 2.24. The van der Waals surface area contributed by atoms with E-state index in [1.54, 1.807) is 36.7 Å². The number of aromatic nitrogens is 1. The lowest BCUT2D eigenvalue weighted by atomic mass is 10.0. The van der Waals surface area contributed by atoms with E-state index in [-0.39, 0.29) is 11.7 Å². The second-order valence-corrected chi connectivity index (χ2v) is 4.68. The SMILES string of the molecule is O=C(NCc1cccnc1)c1ccc(F)c2ccccc12. The van der Waals surface area contributed by atoms with Gasteiger partial charge in [-0.1, -0.05) is 30.3 Å². The van der Waals surface area contributed by atoms with E-state index in [1.807, 2.05) is 12.1 Å². The molecule has 1 heterocycles. The van der Waals surface area contributed by atoms with E-state index < -0.39 is 0 Å². The molecule has 3 nitrogen and oxygen atoms in total. The summed E-state index contributed by atoms with van der Waals surface area (Å²) in [4.78, 5) is 16.3. The molecule has 0 fully saturated rings. The van der Waals surface area contributed by atoms with Gasteiger partial charge in [-0.3, -0.25) is 9.78 Å². The molecule has 0 bridgehead atoms. The summed E-state index contributed by atoms with van der Waals surface area (Å²) in [6.07, 6.45) is 3.38. The van der Waals surface area contributed by atoms with Crippen LogP contribution in [0.15, 0.2) is 60.9 Å². The van der Waals surface area contributed by atoms with Crippen molar-refractivity contribution in [1.82, 2.24) is 10.3 Å². The first-order valence-corrected chi connectivity index (χ1v) is 6.60. The predicted molar refractivity (Wildman–Crippen MR) is 79.3 cm³/mol. The number of amides is 1. The number of fused-ring (bicyclic) bond motifs is 1. The van der Waals surface area contributed by atoms with E-state index in [1.165, 1.54) is 12.1 Å². The van der Waals surface area contributed by atoms with Crippen LogP contribution in [0.3, 0.4) is 0 Å². The third-order valence-corrected chi connectivity index (χ3v) is 3.29. The van der Waals surface area contributed by atoms with Gasteiger partial charge in [0.05, 0.1) is 0 Å². The molecule has 0 aliphatic rings. The molecule has 104 valence electrons. The highest BCUT2D eigenvalue weighted by atomic mass is 19.1. The van der Waals surface area contributed by atoms with Crippen LogP contribution in [0.4, 0.5) is 4.39 Å². The molecule has 3 aromatic rings. The lowest BCUT2D eigenvalue weighted by Crippen LogP contribution is -2.23. The lowest BCUT2D eigenvalue weighted by molar-refractivity contribution is 0.0952. The number of pyridine rings is 1. The highest BCUT2D eigenvalue weighted by Gasteiger charge is 2.11. The van der Waals surface area contributed by atoms with Gasteiger partial charge in [-0.15, -0.1) is 0 Å².